The van der Waals surface area contributed by atoms with E-state index < -0.39 is 12.3 Å². The lowest BCUT2D eigenvalue weighted by Gasteiger charge is -2.35. The highest BCUT2D eigenvalue weighted by molar-refractivity contribution is 6.33. The molecule has 7 nitrogen and oxygen atoms in total. The molecule has 0 spiro atoms. The molecule has 2 aliphatic rings. The minimum absolute atomic E-state index is 0.143. The van der Waals surface area contributed by atoms with Crippen LogP contribution in [0.2, 0.25) is 5.02 Å². The number of amides is 2. The number of esters is 1. The van der Waals surface area contributed by atoms with Crippen LogP contribution in [0.4, 0.5) is 10.5 Å². The topological polar surface area (TPSA) is 85.9 Å². The van der Waals surface area contributed by atoms with Crippen LogP contribution in [0.5, 0.6) is 0 Å². The van der Waals surface area contributed by atoms with Crippen LogP contribution in [0.25, 0.3) is 0 Å². The molecular formula is C25H25ClN2O5. The number of hydrogen-bond donors (Lipinski definition) is 2. The fraction of sp³-hybridized carbons (Fsp3) is 0.280. The summed E-state index contributed by atoms with van der Waals surface area (Å²) >= 11 is 6.11. The molecule has 3 atom stereocenters. The molecule has 0 saturated carbocycles. The van der Waals surface area contributed by atoms with Gasteiger partial charge in [-0.2, -0.15) is 0 Å². The molecule has 8 heteroatoms. The molecule has 1 aliphatic carbocycles. The number of urea groups is 1. The Bertz CT molecular complexity index is 1070. The van der Waals surface area contributed by atoms with Crippen LogP contribution >= 0.6 is 11.6 Å². The Balaban J connectivity index is 1.44. The Labute approximate surface area is 197 Å². The van der Waals surface area contributed by atoms with Gasteiger partial charge < -0.3 is 24.8 Å². The summed E-state index contributed by atoms with van der Waals surface area (Å²) < 4.78 is 16.8. The van der Waals surface area contributed by atoms with Gasteiger partial charge in [0.15, 0.2) is 0 Å². The third-order valence-electron chi connectivity index (χ3n) is 5.77. The number of methoxy groups -OCH3 is 1. The Morgan fingerprint density at radius 3 is 2.64 bits per heavy atom. The maximum absolute atomic E-state index is 12.4. The number of allylic oxidation sites excluding steroid dienone is 1. The zero-order chi connectivity index (χ0) is 23.2. The van der Waals surface area contributed by atoms with Crippen molar-refractivity contribution in [3.05, 3.63) is 88.7 Å². The van der Waals surface area contributed by atoms with Gasteiger partial charge in [-0.25, -0.2) is 9.59 Å². The van der Waals surface area contributed by atoms with Crippen molar-refractivity contribution in [2.75, 3.05) is 19.0 Å². The summed E-state index contributed by atoms with van der Waals surface area (Å²) in [6.45, 7) is 0.643. The van der Waals surface area contributed by atoms with Gasteiger partial charge in [0.05, 0.1) is 42.2 Å². The first-order valence-electron chi connectivity index (χ1n) is 10.6. The van der Waals surface area contributed by atoms with E-state index in [9.17, 15) is 9.59 Å². The lowest BCUT2D eigenvalue weighted by Crippen LogP contribution is -2.40. The molecule has 1 heterocycles. The monoisotopic (exact) mass is 468 g/mol. The lowest BCUT2D eigenvalue weighted by atomic mass is 9.83. The largest absolute Gasteiger partial charge is 0.471 e. The molecule has 172 valence electrons. The molecule has 0 bridgehead atoms. The molecule has 1 aliphatic heterocycles. The Morgan fingerprint density at radius 2 is 1.88 bits per heavy atom. The van der Waals surface area contributed by atoms with Gasteiger partial charge in [-0.3, -0.25) is 0 Å². The highest BCUT2D eigenvalue weighted by Crippen LogP contribution is 2.43. The van der Waals surface area contributed by atoms with Crippen molar-refractivity contribution in [3.63, 3.8) is 0 Å². The van der Waals surface area contributed by atoms with Crippen LogP contribution in [0.3, 0.4) is 0 Å². The van der Waals surface area contributed by atoms with Crippen molar-refractivity contribution in [2.45, 2.75) is 19.3 Å². The van der Waals surface area contributed by atoms with Crippen LogP contribution in [0.1, 0.15) is 12.0 Å². The molecule has 2 N–H and O–H groups in total. The van der Waals surface area contributed by atoms with E-state index in [-0.39, 0.29) is 24.4 Å². The number of halogens is 1. The summed E-state index contributed by atoms with van der Waals surface area (Å²) in [5.41, 5.74) is 2.94. The highest BCUT2D eigenvalue weighted by Gasteiger charge is 2.44. The van der Waals surface area contributed by atoms with E-state index in [1.54, 1.807) is 24.3 Å². The molecule has 0 unspecified atom stereocenters. The number of hydrogen-bond acceptors (Lipinski definition) is 5. The molecule has 4 rings (SSSR count). The van der Waals surface area contributed by atoms with Crippen LogP contribution < -0.4 is 10.6 Å². The number of anilines is 1. The maximum Gasteiger partial charge on any atom is 0.337 e. The molecule has 2 aromatic rings. The predicted molar refractivity (Wildman–Crippen MR) is 124 cm³/mol. The number of nitrogens with one attached hydrogen (secondary N) is 2. The summed E-state index contributed by atoms with van der Waals surface area (Å²) in [5.74, 6) is -0.797. The first kappa shape index (κ1) is 22.9. The molecule has 0 aromatic heterocycles. The van der Waals surface area contributed by atoms with Crippen molar-refractivity contribution in [2.24, 2.45) is 11.8 Å². The summed E-state index contributed by atoms with van der Waals surface area (Å²) in [6.07, 6.45) is 3.50. The van der Waals surface area contributed by atoms with Gasteiger partial charge in [-0.1, -0.05) is 60.1 Å². The average Bonchev–Trinajstić information content (AvgIpc) is 3.27. The fourth-order valence-corrected chi connectivity index (χ4v) is 4.31. The summed E-state index contributed by atoms with van der Waals surface area (Å²) in [6, 6.07) is 16.4. The van der Waals surface area contributed by atoms with E-state index in [1.807, 2.05) is 36.4 Å². The quantitative estimate of drug-likeness (QED) is 0.456. The van der Waals surface area contributed by atoms with E-state index >= 15 is 0 Å². The second kappa shape index (κ2) is 10.6. The summed E-state index contributed by atoms with van der Waals surface area (Å²) in [7, 11) is 1.35. The van der Waals surface area contributed by atoms with Crippen molar-refractivity contribution < 1.29 is 23.8 Å². The van der Waals surface area contributed by atoms with Crippen molar-refractivity contribution in [1.82, 2.24) is 5.32 Å². The van der Waals surface area contributed by atoms with E-state index in [2.05, 4.69) is 10.6 Å². The number of fused-ring (bicyclic) bond motifs is 1. The maximum atomic E-state index is 12.4. The molecule has 0 saturated heterocycles. The van der Waals surface area contributed by atoms with Crippen LogP contribution in [0, 0.1) is 11.8 Å². The number of para-hydroxylation sites is 1. The second-order valence-electron chi connectivity index (χ2n) is 7.80. The molecular weight excluding hydrogens is 444 g/mol. The highest BCUT2D eigenvalue weighted by atomic mass is 35.5. The van der Waals surface area contributed by atoms with E-state index in [4.69, 9.17) is 25.8 Å². The minimum atomic E-state index is -0.592. The number of benzene rings is 2. The van der Waals surface area contributed by atoms with Gasteiger partial charge >= 0.3 is 12.0 Å². The lowest BCUT2D eigenvalue weighted by molar-refractivity contribution is -0.160. The normalized spacial score (nSPS) is 21.2. The molecule has 2 amide bonds. The van der Waals surface area contributed by atoms with Gasteiger partial charge in [0.2, 0.25) is 6.29 Å². The smallest absolute Gasteiger partial charge is 0.337 e. The van der Waals surface area contributed by atoms with Gasteiger partial charge in [0.25, 0.3) is 0 Å². The second-order valence-corrected chi connectivity index (χ2v) is 8.21. The third-order valence-corrected chi connectivity index (χ3v) is 6.10. The first-order chi connectivity index (χ1) is 16.1. The third kappa shape index (κ3) is 5.38. The summed E-state index contributed by atoms with van der Waals surface area (Å²) in [5, 5.41) is 6.06. The minimum Gasteiger partial charge on any atom is -0.471 e. The first-order valence-corrected chi connectivity index (χ1v) is 11.0. The molecule has 0 fully saturated rings. The van der Waals surface area contributed by atoms with Crippen LogP contribution in [-0.4, -0.2) is 31.9 Å². The zero-order valence-corrected chi connectivity index (χ0v) is 18.9. The summed E-state index contributed by atoms with van der Waals surface area (Å²) in [4.78, 5) is 24.7. The van der Waals surface area contributed by atoms with Gasteiger partial charge in [0, 0.05) is 12.5 Å². The molecule has 33 heavy (non-hydrogen) atoms. The van der Waals surface area contributed by atoms with E-state index in [1.165, 1.54) is 13.4 Å². The van der Waals surface area contributed by atoms with Crippen LogP contribution in [-0.2, 0) is 25.6 Å². The van der Waals surface area contributed by atoms with Gasteiger partial charge in [0.1, 0.15) is 0 Å². The molecule has 2 aromatic carbocycles. The SMILES string of the molecule is COC(=O)C1=CO[C@@H](OCc2ccccc2)[C@@H]2C(CNC(=O)Nc3ccccc3Cl)=CC[C@H]12. The Morgan fingerprint density at radius 1 is 1.12 bits per heavy atom. The van der Waals surface area contributed by atoms with Crippen LogP contribution in [0.15, 0.2) is 78.1 Å². The van der Waals surface area contributed by atoms with Crippen molar-refractivity contribution >= 4 is 29.3 Å². The van der Waals surface area contributed by atoms with E-state index in [0.29, 0.717) is 29.3 Å². The van der Waals surface area contributed by atoms with Gasteiger partial charge in [-0.15, -0.1) is 0 Å². The van der Waals surface area contributed by atoms with Gasteiger partial charge in [-0.05, 0) is 29.7 Å². The van der Waals surface area contributed by atoms with Crippen molar-refractivity contribution in [3.8, 4) is 0 Å². The zero-order valence-electron chi connectivity index (χ0n) is 18.1. The number of carbonyl (C=O) groups is 2. The number of carbonyl (C=O) groups excluding carboxylic acids is 2. The fourth-order valence-electron chi connectivity index (χ4n) is 4.13. The average molecular weight is 469 g/mol. The Hall–Kier alpha value is -3.29. The van der Waals surface area contributed by atoms with Crippen molar-refractivity contribution in [1.29, 1.82) is 0 Å². The van der Waals surface area contributed by atoms with E-state index in [0.717, 1.165) is 11.1 Å². The Kier molecular flexibility index (Phi) is 7.32. The predicted octanol–water partition coefficient (Wildman–Crippen LogP) is 4.65. The standard InChI is InChI=1S/C25H25ClN2O5/c1-31-23(29)19-15-33-24(32-14-16-7-3-2-4-8-16)22-17(11-12-18(19)22)13-27-25(30)28-21-10-6-5-9-20(21)26/h2-11,15,18,22,24H,12-14H2,1H3,(H2,27,28,30)/t18-,22-,24-/m1/s1. The number of ether oxygens (including phenoxy) is 3. The molecule has 0 radical (unpaired) electrons. The number of rotatable bonds is 7.